The number of ether oxygens (including phenoxy) is 1. The van der Waals surface area contributed by atoms with Gasteiger partial charge in [-0.3, -0.25) is 14.6 Å². The van der Waals surface area contributed by atoms with Gasteiger partial charge in [0, 0.05) is 45.9 Å². The number of rotatable bonds is 6. The molecule has 1 aromatic heterocycles. The second-order valence-electron chi connectivity index (χ2n) is 7.73. The van der Waals surface area contributed by atoms with Crippen molar-refractivity contribution in [1.82, 2.24) is 14.8 Å². The van der Waals surface area contributed by atoms with Gasteiger partial charge in [0.2, 0.25) is 5.91 Å². The van der Waals surface area contributed by atoms with Crippen molar-refractivity contribution in [2.45, 2.75) is 31.8 Å². The van der Waals surface area contributed by atoms with Crippen LogP contribution in [0.5, 0.6) is 0 Å². The van der Waals surface area contributed by atoms with Crippen LogP contribution in [0.15, 0.2) is 48.8 Å². The van der Waals surface area contributed by atoms with Crippen LogP contribution in [-0.4, -0.2) is 66.0 Å². The number of amides is 2. The van der Waals surface area contributed by atoms with Gasteiger partial charge in [-0.1, -0.05) is 37.3 Å². The highest BCUT2D eigenvalue weighted by Gasteiger charge is 2.45. The standard InChI is InChI=1S/C23H29N3O3/c1-4-7-21(27)26-12-13-29-23(17-26,22(28)25(2)3)15-18-8-5-9-19(14-18)20-10-6-11-24-16-20/h5-6,8-11,14,16H,4,7,12-13,15,17H2,1-3H3. The molecule has 1 aliphatic rings. The lowest BCUT2D eigenvalue weighted by Crippen LogP contribution is -2.61. The molecule has 3 rings (SSSR count). The predicted octanol–water partition coefficient (Wildman–Crippen LogP) is 2.78. The van der Waals surface area contributed by atoms with Crippen LogP contribution in [0.1, 0.15) is 25.3 Å². The fraction of sp³-hybridized carbons (Fsp3) is 0.435. The molecule has 2 aromatic rings. The topological polar surface area (TPSA) is 62.7 Å². The van der Waals surface area contributed by atoms with Crippen molar-refractivity contribution < 1.29 is 14.3 Å². The molecule has 1 saturated heterocycles. The first-order valence-corrected chi connectivity index (χ1v) is 10.1. The highest BCUT2D eigenvalue weighted by Crippen LogP contribution is 2.28. The lowest BCUT2D eigenvalue weighted by molar-refractivity contribution is -0.172. The molecular formula is C23H29N3O3. The third-order valence-corrected chi connectivity index (χ3v) is 5.21. The summed E-state index contributed by atoms with van der Waals surface area (Å²) in [4.78, 5) is 33.2. The molecule has 0 spiro atoms. The zero-order valence-electron chi connectivity index (χ0n) is 17.4. The lowest BCUT2D eigenvalue weighted by Gasteiger charge is -2.43. The number of hydrogen-bond acceptors (Lipinski definition) is 4. The van der Waals surface area contributed by atoms with Crippen molar-refractivity contribution in [2.75, 3.05) is 33.8 Å². The van der Waals surface area contributed by atoms with Crippen LogP contribution in [0, 0.1) is 0 Å². The summed E-state index contributed by atoms with van der Waals surface area (Å²) in [6.07, 6.45) is 5.26. The Bertz CT molecular complexity index is 853. The summed E-state index contributed by atoms with van der Waals surface area (Å²) >= 11 is 0. The molecule has 6 heteroatoms. The largest absolute Gasteiger partial charge is 0.361 e. The molecule has 1 atom stereocenters. The van der Waals surface area contributed by atoms with Gasteiger partial charge in [0.15, 0.2) is 5.60 Å². The minimum absolute atomic E-state index is 0.0795. The normalized spacial score (nSPS) is 19.1. The van der Waals surface area contributed by atoms with Gasteiger partial charge >= 0.3 is 0 Å². The maximum atomic E-state index is 13.2. The van der Waals surface area contributed by atoms with E-state index in [0.29, 0.717) is 26.0 Å². The van der Waals surface area contributed by atoms with Crippen molar-refractivity contribution in [3.63, 3.8) is 0 Å². The van der Waals surface area contributed by atoms with E-state index in [-0.39, 0.29) is 18.4 Å². The van der Waals surface area contributed by atoms with Crippen LogP contribution in [0.25, 0.3) is 11.1 Å². The highest BCUT2D eigenvalue weighted by atomic mass is 16.5. The van der Waals surface area contributed by atoms with E-state index in [1.165, 1.54) is 0 Å². The summed E-state index contributed by atoms with van der Waals surface area (Å²) < 4.78 is 6.10. The number of pyridine rings is 1. The Morgan fingerprint density at radius 3 is 2.69 bits per heavy atom. The summed E-state index contributed by atoms with van der Waals surface area (Å²) in [6, 6.07) is 12.0. The van der Waals surface area contributed by atoms with Crippen molar-refractivity contribution in [2.24, 2.45) is 0 Å². The number of hydrogen-bond donors (Lipinski definition) is 0. The average Bonchev–Trinajstić information content (AvgIpc) is 2.74. The Balaban J connectivity index is 1.90. The fourth-order valence-electron chi connectivity index (χ4n) is 3.81. The third-order valence-electron chi connectivity index (χ3n) is 5.21. The summed E-state index contributed by atoms with van der Waals surface area (Å²) in [5, 5.41) is 0. The van der Waals surface area contributed by atoms with Crippen molar-refractivity contribution in [3.8, 4) is 11.1 Å². The number of likely N-dealkylation sites (N-methyl/N-ethyl adjacent to an activating group) is 1. The first-order valence-electron chi connectivity index (χ1n) is 10.1. The van der Waals surface area contributed by atoms with Gasteiger partial charge in [-0.15, -0.1) is 0 Å². The van der Waals surface area contributed by atoms with Crippen LogP contribution in [0.3, 0.4) is 0 Å². The van der Waals surface area contributed by atoms with E-state index in [4.69, 9.17) is 4.74 Å². The molecule has 0 N–H and O–H groups in total. The maximum Gasteiger partial charge on any atom is 0.256 e. The summed E-state index contributed by atoms with van der Waals surface area (Å²) in [7, 11) is 3.46. The average molecular weight is 396 g/mol. The second-order valence-corrected chi connectivity index (χ2v) is 7.73. The number of morpholine rings is 1. The van der Waals surface area contributed by atoms with Gasteiger partial charge in [0.25, 0.3) is 5.91 Å². The van der Waals surface area contributed by atoms with Crippen LogP contribution in [0.4, 0.5) is 0 Å². The molecule has 0 bridgehead atoms. The SMILES string of the molecule is CCCC(=O)N1CCOC(Cc2cccc(-c3cccnc3)c2)(C(=O)N(C)C)C1. The van der Waals surface area contributed by atoms with Crippen LogP contribution < -0.4 is 0 Å². The van der Waals surface area contributed by atoms with Gasteiger partial charge in [-0.25, -0.2) is 0 Å². The van der Waals surface area contributed by atoms with Gasteiger partial charge < -0.3 is 14.5 Å². The van der Waals surface area contributed by atoms with Crippen molar-refractivity contribution >= 4 is 11.8 Å². The van der Waals surface area contributed by atoms with Gasteiger partial charge in [-0.2, -0.15) is 0 Å². The quantitative estimate of drug-likeness (QED) is 0.755. The predicted molar refractivity (Wildman–Crippen MR) is 112 cm³/mol. The smallest absolute Gasteiger partial charge is 0.256 e. The van der Waals surface area contributed by atoms with E-state index in [0.717, 1.165) is 23.1 Å². The summed E-state index contributed by atoms with van der Waals surface area (Å²) in [5.41, 5.74) is 1.98. The molecule has 1 fully saturated rings. The van der Waals surface area contributed by atoms with E-state index >= 15 is 0 Å². The monoisotopic (exact) mass is 395 g/mol. The van der Waals surface area contributed by atoms with Gasteiger partial charge in [-0.05, 0) is 29.2 Å². The van der Waals surface area contributed by atoms with Crippen LogP contribution in [0.2, 0.25) is 0 Å². The number of carbonyl (C=O) groups excluding carboxylic acids is 2. The van der Waals surface area contributed by atoms with E-state index in [1.54, 1.807) is 30.1 Å². The first kappa shape index (κ1) is 21.0. The van der Waals surface area contributed by atoms with Gasteiger partial charge in [0.1, 0.15) is 0 Å². The molecule has 29 heavy (non-hydrogen) atoms. The molecule has 154 valence electrons. The molecule has 0 radical (unpaired) electrons. The van der Waals surface area contributed by atoms with E-state index in [2.05, 4.69) is 11.1 Å². The Kier molecular flexibility index (Phi) is 6.64. The minimum atomic E-state index is -1.07. The molecular weight excluding hydrogens is 366 g/mol. The third kappa shape index (κ3) is 4.82. The molecule has 2 heterocycles. The Labute approximate surface area is 172 Å². The van der Waals surface area contributed by atoms with E-state index in [1.807, 2.05) is 43.5 Å². The van der Waals surface area contributed by atoms with E-state index < -0.39 is 5.60 Å². The van der Waals surface area contributed by atoms with Crippen LogP contribution in [-0.2, 0) is 20.7 Å². The highest BCUT2D eigenvalue weighted by molar-refractivity contribution is 5.87. The van der Waals surface area contributed by atoms with Crippen molar-refractivity contribution in [3.05, 3.63) is 54.4 Å². The summed E-state index contributed by atoms with van der Waals surface area (Å²) in [6.45, 7) is 3.15. The molecule has 1 aromatic carbocycles. The second kappa shape index (κ2) is 9.18. The number of nitrogens with zero attached hydrogens (tertiary/aromatic N) is 3. The number of benzene rings is 1. The maximum absolute atomic E-state index is 13.2. The molecule has 1 aliphatic heterocycles. The number of aromatic nitrogens is 1. The van der Waals surface area contributed by atoms with E-state index in [9.17, 15) is 9.59 Å². The molecule has 0 saturated carbocycles. The van der Waals surface area contributed by atoms with Gasteiger partial charge in [0.05, 0.1) is 13.2 Å². The zero-order valence-corrected chi connectivity index (χ0v) is 17.4. The zero-order chi connectivity index (χ0) is 20.9. The lowest BCUT2D eigenvalue weighted by atomic mass is 9.89. The van der Waals surface area contributed by atoms with Crippen molar-refractivity contribution in [1.29, 1.82) is 0 Å². The summed E-state index contributed by atoms with van der Waals surface area (Å²) in [5.74, 6) is -0.0332. The molecule has 1 unspecified atom stereocenters. The molecule has 0 aliphatic carbocycles. The minimum Gasteiger partial charge on any atom is -0.361 e. The first-order chi connectivity index (χ1) is 13.9. The fourth-order valence-corrected chi connectivity index (χ4v) is 3.81. The molecule has 6 nitrogen and oxygen atoms in total. The Morgan fingerprint density at radius 2 is 2.00 bits per heavy atom. The Morgan fingerprint density at radius 1 is 1.21 bits per heavy atom. The Hall–Kier alpha value is -2.73. The van der Waals surface area contributed by atoms with Crippen LogP contribution >= 0.6 is 0 Å². The number of carbonyl (C=O) groups is 2. The molecule has 2 amide bonds.